The molecule has 1 heterocycles. The fraction of sp³-hybridized carbons (Fsp3) is 0.750. The summed E-state index contributed by atoms with van der Waals surface area (Å²) in [5.74, 6) is 1.60. The third-order valence-electron chi connectivity index (χ3n) is 2.79. The molecule has 2 rings (SSSR count). The highest BCUT2D eigenvalue weighted by molar-refractivity contribution is 7.11. The van der Waals surface area contributed by atoms with Crippen LogP contribution in [-0.2, 0) is 6.54 Å². The fourth-order valence-electron chi connectivity index (χ4n) is 1.60. The van der Waals surface area contributed by atoms with E-state index in [1.54, 1.807) is 0 Å². The van der Waals surface area contributed by atoms with Gasteiger partial charge >= 0.3 is 0 Å². The molecule has 0 bridgehead atoms. The zero-order valence-electron chi connectivity index (χ0n) is 9.62. The zero-order valence-corrected chi connectivity index (χ0v) is 10.4. The van der Waals surface area contributed by atoms with Crippen molar-refractivity contribution in [3.63, 3.8) is 0 Å². The number of aromatic nitrogens is 1. The Labute approximate surface area is 96.1 Å². The largest absolute Gasteiger partial charge is 0.312 e. The Kier molecular flexibility index (Phi) is 3.76. The van der Waals surface area contributed by atoms with Crippen LogP contribution in [0.5, 0.6) is 0 Å². The highest BCUT2D eigenvalue weighted by Gasteiger charge is 2.19. The minimum absolute atomic E-state index is 0.565. The smallest absolute Gasteiger partial charge is 0.0953 e. The Balaban J connectivity index is 1.67. The van der Waals surface area contributed by atoms with E-state index in [4.69, 9.17) is 0 Å². The molecule has 1 aliphatic carbocycles. The summed E-state index contributed by atoms with van der Waals surface area (Å²) in [6, 6.07) is 0. The first-order valence-corrected chi connectivity index (χ1v) is 6.72. The molecular formula is C12H20N2S. The molecule has 0 atom stereocenters. The second kappa shape index (κ2) is 5.08. The van der Waals surface area contributed by atoms with E-state index in [1.165, 1.54) is 35.7 Å². The molecule has 1 N–H and O–H groups in total. The van der Waals surface area contributed by atoms with Gasteiger partial charge in [0, 0.05) is 23.5 Å². The Morgan fingerprint density at radius 1 is 1.53 bits per heavy atom. The molecule has 1 aliphatic rings. The van der Waals surface area contributed by atoms with Gasteiger partial charge in [0.15, 0.2) is 0 Å². The van der Waals surface area contributed by atoms with E-state index >= 15 is 0 Å². The highest BCUT2D eigenvalue weighted by atomic mass is 32.1. The van der Waals surface area contributed by atoms with Crippen LogP contribution in [0, 0.1) is 5.92 Å². The van der Waals surface area contributed by atoms with Crippen LogP contribution in [0.1, 0.15) is 48.9 Å². The molecule has 84 valence electrons. The lowest BCUT2D eigenvalue weighted by atomic mass is 10.2. The number of thiazole rings is 1. The van der Waals surface area contributed by atoms with Crippen molar-refractivity contribution in [1.29, 1.82) is 0 Å². The molecule has 0 aromatic carbocycles. The molecule has 0 unspecified atom stereocenters. The molecule has 1 saturated carbocycles. The van der Waals surface area contributed by atoms with Gasteiger partial charge in [0.2, 0.25) is 0 Å². The van der Waals surface area contributed by atoms with Crippen LogP contribution in [-0.4, -0.2) is 11.5 Å². The van der Waals surface area contributed by atoms with Gasteiger partial charge in [0.1, 0.15) is 0 Å². The molecule has 15 heavy (non-hydrogen) atoms. The van der Waals surface area contributed by atoms with Crippen molar-refractivity contribution in [2.75, 3.05) is 6.54 Å². The van der Waals surface area contributed by atoms with Crippen molar-refractivity contribution in [2.45, 2.75) is 45.6 Å². The van der Waals surface area contributed by atoms with Crippen molar-refractivity contribution in [3.8, 4) is 0 Å². The average molecular weight is 224 g/mol. The molecule has 1 aromatic rings. The van der Waals surface area contributed by atoms with E-state index in [9.17, 15) is 0 Å². The van der Waals surface area contributed by atoms with Crippen LogP contribution in [0.25, 0.3) is 0 Å². The molecule has 0 radical (unpaired) electrons. The van der Waals surface area contributed by atoms with Gasteiger partial charge in [-0.05, 0) is 18.9 Å². The quantitative estimate of drug-likeness (QED) is 0.751. The number of nitrogens with zero attached hydrogens (tertiary/aromatic N) is 1. The Bertz CT molecular complexity index is 302. The number of hydrogen-bond acceptors (Lipinski definition) is 3. The van der Waals surface area contributed by atoms with E-state index in [0.717, 1.165) is 12.5 Å². The Morgan fingerprint density at radius 2 is 2.33 bits per heavy atom. The molecule has 0 amide bonds. The minimum Gasteiger partial charge on any atom is -0.312 e. The summed E-state index contributed by atoms with van der Waals surface area (Å²) in [6.45, 7) is 6.56. The topological polar surface area (TPSA) is 24.9 Å². The van der Waals surface area contributed by atoms with Crippen LogP contribution in [0.4, 0.5) is 0 Å². The monoisotopic (exact) mass is 224 g/mol. The maximum absolute atomic E-state index is 4.42. The zero-order chi connectivity index (χ0) is 10.7. The van der Waals surface area contributed by atoms with Crippen molar-refractivity contribution in [2.24, 2.45) is 5.92 Å². The lowest BCUT2D eigenvalue weighted by molar-refractivity contribution is 0.616. The van der Waals surface area contributed by atoms with Crippen molar-refractivity contribution in [3.05, 3.63) is 16.1 Å². The van der Waals surface area contributed by atoms with Crippen molar-refractivity contribution in [1.82, 2.24) is 10.3 Å². The van der Waals surface area contributed by atoms with Gasteiger partial charge in [-0.2, -0.15) is 0 Å². The van der Waals surface area contributed by atoms with Gasteiger partial charge in [-0.25, -0.2) is 4.98 Å². The van der Waals surface area contributed by atoms with Crippen molar-refractivity contribution < 1.29 is 0 Å². The van der Waals surface area contributed by atoms with Crippen molar-refractivity contribution >= 4 is 11.3 Å². The van der Waals surface area contributed by atoms with E-state index < -0.39 is 0 Å². The SMILES string of the molecule is CC(C)c1ncc(CNCCC2CC2)s1. The molecule has 2 nitrogen and oxygen atoms in total. The van der Waals surface area contributed by atoms with E-state index in [1.807, 2.05) is 17.5 Å². The first kappa shape index (κ1) is 11.1. The molecule has 1 aromatic heterocycles. The van der Waals surface area contributed by atoms with Gasteiger partial charge in [0.05, 0.1) is 5.01 Å². The van der Waals surface area contributed by atoms with Gasteiger partial charge in [-0.3, -0.25) is 0 Å². The third kappa shape index (κ3) is 3.58. The first-order valence-electron chi connectivity index (χ1n) is 5.91. The summed E-state index contributed by atoms with van der Waals surface area (Å²) in [7, 11) is 0. The summed E-state index contributed by atoms with van der Waals surface area (Å²) in [4.78, 5) is 5.79. The molecule has 0 saturated heterocycles. The standard InChI is InChI=1S/C12H20N2S/c1-9(2)12-14-8-11(15-12)7-13-6-5-10-3-4-10/h8-10,13H,3-7H2,1-2H3. The Hall–Kier alpha value is -0.410. The number of rotatable bonds is 6. The Morgan fingerprint density at radius 3 is 2.93 bits per heavy atom. The molecule has 0 spiro atoms. The van der Waals surface area contributed by atoms with Crippen LogP contribution >= 0.6 is 11.3 Å². The summed E-state index contributed by atoms with van der Waals surface area (Å²) in [5, 5.41) is 4.75. The van der Waals surface area contributed by atoms with Gasteiger partial charge in [-0.15, -0.1) is 11.3 Å². The summed E-state index contributed by atoms with van der Waals surface area (Å²) < 4.78 is 0. The highest BCUT2D eigenvalue weighted by Crippen LogP contribution is 2.31. The number of hydrogen-bond donors (Lipinski definition) is 1. The normalized spacial score (nSPS) is 16.2. The second-order valence-electron chi connectivity index (χ2n) is 4.73. The lowest BCUT2D eigenvalue weighted by Crippen LogP contribution is -2.14. The van der Waals surface area contributed by atoms with Gasteiger partial charge < -0.3 is 5.32 Å². The van der Waals surface area contributed by atoms with Gasteiger partial charge in [0.25, 0.3) is 0 Å². The summed E-state index contributed by atoms with van der Waals surface area (Å²) in [6.07, 6.45) is 6.29. The fourth-order valence-corrected chi connectivity index (χ4v) is 2.48. The molecule has 1 fully saturated rings. The molecule has 3 heteroatoms. The molecule has 0 aliphatic heterocycles. The maximum Gasteiger partial charge on any atom is 0.0953 e. The predicted octanol–water partition coefficient (Wildman–Crippen LogP) is 3.16. The van der Waals surface area contributed by atoms with Crippen LogP contribution in [0.2, 0.25) is 0 Å². The van der Waals surface area contributed by atoms with Crippen LogP contribution in [0.15, 0.2) is 6.20 Å². The van der Waals surface area contributed by atoms with Crippen LogP contribution in [0.3, 0.4) is 0 Å². The lowest BCUT2D eigenvalue weighted by Gasteiger charge is -2.01. The van der Waals surface area contributed by atoms with E-state index in [-0.39, 0.29) is 0 Å². The van der Waals surface area contributed by atoms with E-state index in [2.05, 4.69) is 24.1 Å². The van der Waals surface area contributed by atoms with Gasteiger partial charge in [-0.1, -0.05) is 26.7 Å². The number of nitrogens with one attached hydrogen (secondary N) is 1. The van der Waals surface area contributed by atoms with E-state index in [0.29, 0.717) is 5.92 Å². The predicted molar refractivity (Wildman–Crippen MR) is 65.3 cm³/mol. The molecular weight excluding hydrogens is 204 g/mol. The second-order valence-corrected chi connectivity index (χ2v) is 5.88. The average Bonchev–Trinajstić information content (AvgIpc) is 2.90. The maximum atomic E-state index is 4.42. The third-order valence-corrected chi connectivity index (χ3v) is 4.09. The summed E-state index contributed by atoms with van der Waals surface area (Å²) in [5.41, 5.74) is 0. The van der Waals surface area contributed by atoms with Crippen LogP contribution < -0.4 is 5.32 Å². The summed E-state index contributed by atoms with van der Waals surface area (Å²) >= 11 is 1.84. The minimum atomic E-state index is 0.565. The first-order chi connectivity index (χ1) is 7.25.